The first kappa shape index (κ1) is 26.9. The van der Waals surface area contributed by atoms with Gasteiger partial charge >= 0.3 is 0 Å². The average molecular weight is 543 g/mol. The molecule has 0 unspecified atom stereocenters. The van der Waals surface area contributed by atoms with E-state index in [4.69, 9.17) is 4.74 Å². The van der Waals surface area contributed by atoms with Gasteiger partial charge in [0.25, 0.3) is 23.5 Å². The summed E-state index contributed by atoms with van der Waals surface area (Å²) >= 11 is 0. The number of imidazole rings is 1. The first-order valence-electron chi connectivity index (χ1n) is 13.2. The smallest absolute Gasteiger partial charge is 0.277 e. The van der Waals surface area contributed by atoms with Gasteiger partial charge in [-0.2, -0.15) is 0 Å². The molecule has 0 aliphatic carbocycles. The summed E-state index contributed by atoms with van der Waals surface area (Å²) in [4.78, 5) is 45.9. The fourth-order valence-electron chi connectivity index (χ4n) is 5.03. The van der Waals surface area contributed by atoms with Gasteiger partial charge in [-0.1, -0.05) is 19.1 Å². The summed E-state index contributed by atoms with van der Waals surface area (Å²) in [7, 11) is 3.55. The predicted molar refractivity (Wildman–Crippen MR) is 147 cm³/mol. The first-order valence-corrected chi connectivity index (χ1v) is 13.2. The van der Waals surface area contributed by atoms with Crippen LogP contribution in [0.4, 0.5) is 0 Å². The standard InChI is InChI=1S/C30H31N5O5/c1-5-14-34-25-15-20(40-18-28(37)32(3)16-23-26(36)13-10-19(2)31-23)11-12-24(25)33(4)27(34)17-35-29(38)21-8-6-7-9-22(21)30(35)39/h6-13,15H,5,14,16-18H2,1-4H3/p+1. The summed E-state index contributed by atoms with van der Waals surface area (Å²) in [6.45, 7) is 4.67. The number of pyridine rings is 1. The van der Waals surface area contributed by atoms with Crippen LogP contribution in [0.25, 0.3) is 11.0 Å². The van der Waals surface area contributed by atoms with E-state index in [9.17, 15) is 19.5 Å². The number of nitrogens with zero attached hydrogens (tertiary/aromatic N) is 5. The lowest BCUT2D eigenvalue weighted by atomic mass is 10.1. The van der Waals surface area contributed by atoms with Crippen molar-refractivity contribution in [2.75, 3.05) is 13.7 Å². The van der Waals surface area contributed by atoms with Crippen LogP contribution in [-0.4, -0.2) is 55.8 Å². The zero-order valence-corrected chi connectivity index (χ0v) is 23.0. The van der Waals surface area contributed by atoms with Crippen LogP contribution in [0.5, 0.6) is 11.5 Å². The topological polar surface area (TPSA) is 109 Å². The number of carbonyl (C=O) groups is 3. The van der Waals surface area contributed by atoms with Gasteiger partial charge in [-0.3, -0.25) is 24.3 Å². The third kappa shape index (κ3) is 4.88. The number of amides is 3. The summed E-state index contributed by atoms with van der Waals surface area (Å²) in [6, 6.07) is 15.7. The molecular formula is C30H32N5O5+. The second-order valence-corrected chi connectivity index (χ2v) is 9.98. The van der Waals surface area contributed by atoms with Gasteiger partial charge in [0.05, 0.1) is 31.3 Å². The molecule has 0 spiro atoms. The molecule has 1 N–H and O–H groups in total. The van der Waals surface area contributed by atoms with Crippen LogP contribution in [0.1, 0.15) is 51.3 Å². The predicted octanol–water partition coefficient (Wildman–Crippen LogP) is 3.12. The highest BCUT2D eigenvalue weighted by Crippen LogP contribution is 2.27. The van der Waals surface area contributed by atoms with Gasteiger partial charge in [-0.15, -0.1) is 0 Å². The summed E-state index contributed by atoms with van der Waals surface area (Å²) in [6.07, 6.45) is 0.840. The molecule has 0 radical (unpaired) electrons. The van der Waals surface area contributed by atoms with Crippen LogP contribution in [0.2, 0.25) is 0 Å². The minimum atomic E-state index is -0.297. The molecule has 0 saturated carbocycles. The number of aryl methyl sites for hydroxylation is 3. The van der Waals surface area contributed by atoms with Crippen molar-refractivity contribution in [3.05, 3.63) is 82.9 Å². The van der Waals surface area contributed by atoms with Crippen molar-refractivity contribution in [3.63, 3.8) is 0 Å². The van der Waals surface area contributed by atoms with Crippen molar-refractivity contribution in [3.8, 4) is 11.5 Å². The van der Waals surface area contributed by atoms with E-state index in [2.05, 4.69) is 16.5 Å². The van der Waals surface area contributed by atoms with Gasteiger partial charge in [0, 0.05) is 18.8 Å². The summed E-state index contributed by atoms with van der Waals surface area (Å²) in [5, 5.41) is 10.1. The maximum absolute atomic E-state index is 13.0. The quantitative estimate of drug-likeness (QED) is 0.257. The fraction of sp³-hybridized carbons (Fsp3) is 0.300. The second kappa shape index (κ2) is 10.8. The highest BCUT2D eigenvalue weighted by molar-refractivity contribution is 6.21. The Balaban J connectivity index is 1.35. The van der Waals surface area contributed by atoms with Crippen molar-refractivity contribution >= 4 is 28.8 Å². The zero-order chi connectivity index (χ0) is 28.6. The molecule has 0 bridgehead atoms. The monoisotopic (exact) mass is 542 g/mol. The van der Waals surface area contributed by atoms with Crippen molar-refractivity contribution < 1.29 is 28.8 Å². The van der Waals surface area contributed by atoms with E-state index in [-0.39, 0.29) is 43.2 Å². The molecule has 206 valence electrons. The number of carbonyl (C=O) groups excluding carboxylic acids is 3. The first-order chi connectivity index (χ1) is 19.2. The Bertz CT molecular complexity index is 1610. The summed E-state index contributed by atoms with van der Waals surface area (Å²) in [5.41, 5.74) is 3.82. The Kier molecular flexibility index (Phi) is 7.25. The maximum atomic E-state index is 13.0. The van der Waals surface area contributed by atoms with Crippen LogP contribution in [0, 0.1) is 6.92 Å². The van der Waals surface area contributed by atoms with Gasteiger partial charge in [0.15, 0.2) is 17.6 Å². The Morgan fingerprint density at radius 2 is 1.77 bits per heavy atom. The molecular weight excluding hydrogens is 510 g/mol. The van der Waals surface area contributed by atoms with E-state index in [1.165, 1.54) is 9.80 Å². The van der Waals surface area contributed by atoms with E-state index in [1.54, 1.807) is 49.5 Å². The third-order valence-electron chi connectivity index (χ3n) is 7.19. The number of hydrogen-bond donors (Lipinski definition) is 1. The molecule has 4 aromatic rings. The maximum Gasteiger partial charge on any atom is 0.277 e. The Hall–Kier alpha value is -4.73. The molecule has 1 aliphatic rings. The van der Waals surface area contributed by atoms with Gasteiger partial charge < -0.3 is 14.7 Å². The van der Waals surface area contributed by atoms with Crippen LogP contribution in [0.3, 0.4) is 0 Å². The highest BCUT2D eigenvalue weighted by Gasteiger charge is 2.38. The Labute approximate surface area is 232 Å². The lowest BCUT2D eigenvalue weighted by molar-refractivity contribution is -0.654. The van der Waals surface area contributed by atoms with Crippen molar-refractivity contribution in [2.24, 2.45) is 7.05 Å². The lowest BCUT2D eigenvalue weighted by Crippen LogP contribution is -2.39. The number of benzene rings is 2. The van der Waals surface area contributed by atoms with Crippen molar-refractivity contribution in [2.45, 2.75) is 39.9 Å². The molecule has 10 heteroatoms. The number of ether oxygens (including phenoxy) is 1. The minimum Gasteiger partial charge on any atom is -0.506 e. The molecule has 40 heavy (non-hydrogen) atoms. The molecule has 2 aromatic heterocycles. The summed E-state index contributed by atoms with van der Waals surface area (Å²) < 4.78 is 9.94. The molecule has 0 saturated heterocycles. The normalized spacial score (nSPS) is 12.8. The summed E-state index contributed by atoms with van der Waals surface area (Å²) in [5.74, 6) is 0.518. The Morgan fingerprint density at radius 1 is 1.07 bits per heavy atom. The number of fused-ring (bicyclic) bond motifs is 2. The third-order valence-corrected chi connectivity index (χ3v) is 7.19. The molecule has 0 fully saturated rings. The van der Waals surface area contributed by atoms with Crippen LogP contribution >= 0.6 is 0 Å². The molecule has 10 nitrogen and oxygen atoms in total. The van der Waals surface area contributed by atoms with Gasteiger partial charge in [-0.05, 0) is 49.7 Å². The van der Waals surface area contributed by atoms with Crippen molar-refractivity contribution in [1.82, 2.24) is 19.4 Å². The van der Waals surface area contributed by atoms with E-state index in [0.29, 0.717) is 29.1 Å². The number of rotatable bonds is 9. The van der Waals surface area contributed by atoms with E-state index in [1.807, 2.05) is 30.7 Å². The van der Waals surface area contributed by atoms with Crippen LogP contribution < -0.4 is 9.30 Å². The van der Waals surface area contributed by atoms with Crippen LogP contribution in [-0.2, 0) is 31.5 Å². The zero-order valence-electron chi connectivity index (χ0n) is 23.0. The Morgan fingerprint density at radius 3 is 2.45 bits per heavy atom. The highest BCUT2D eigenvalue weighted by atomic mass is 16.5. The second-order valence-electron chi connectivity index (χ2n) is 9.98. The molecule has 3 heterocycles. The SMILES string of the molecule is CCCn1c(CN2C(=O)c3ccccc3C2=O)[n+](C)c2ccc(OCC(=O)N(C)Cc3nc(C)ccc3O)cc21. The average Bonchev–Trinajstić information content (AvgIpc) is 3.35. The fourth-order valence-corrected chi connectivity index (χ4v) is 5.03. The largest absolute Gasteiger partial charge is 0.506 e. The van der Waals surface area contributed by atoms with E-state index in [0.717, 1.165) is 29.0 Å². The van der Waals surface area contributed by atoms with E-state index < -0.39 is 0 Å². The molecule has 0 atom stereocenters. The van der Waals surface area contributed by atoms with Crippen LogP contribution in [0.15, 0.2) is 54.6 Å². The minimum absolute atomic E-state index is 0.0400. The number of imide groups is 1. The number of hydrogen-bond acceptors (Lipinski definition) is 6. The molecule has 1 aliphatic heterocycles. The number of likely N-dealkylation sites (N-methyl/N-ethyl adjacent to an activating group) is 1. The lowest BCUT2D eigenvalue weighted by Gasteiger charge is -2.18. The molecule has 2 aromatic carbocycles. The number of aromatic hydroxyl groups is 1. The molecule has 5 rings (SSSR count). The molecule has 3 amide bonds. The van der Waals surface area contributed by atoms with Gasteiger partial charge in [-0.25, -0.2) is 9.13 Å². The van der Waals surface area contributed by atoms with Crippen molar-refractivity contribution in [1.29, 1.82) is 0 Å². The van der Waals surface area contributed by atoms with Gasteiger partial charge in [0.1, 0.15) is 23.7 Å². The van der Waals surface area contributed by atoms with Gasteiger partial charge in [0.2, 0.25) is 0 Å². The van der Waals surface area contributed by atoms with E-state index >= 15 is 0 Å². The number of aromatic nitrogens is 3.